The molecule has 0 saturated carbocycles. The molecule has 1 rings (SSSR count). The first-order chi connectivity index (χ1) is 5.76. The first kappa shape index (κ1) is 10.0. The summed E-state index contributed by atoms with van der Waals surface area (Å²) in [6.07, 6.45) is 4.08. The maximum atomic E-state index is 5.09. The summed E-state index contributed by atoms with van der Waals surface area (Å²) in [7, 11) is 1.76. The van der Waals surface area contributed by atoms with Crippen molar-refractivity contribution in [1.82, 2.24) is 5.06 Å². The van der Waals surface area contributed by atoms with E-state index in [-0.39, 0.29) is 0 Å². The quantitative estimate of drug-likeness (QED) is 0.629. The number of hydrogen-bond donors (Lipinski definition) is 0. The molecule has 1 atom stereocenters. The van der Waals surface area contributed by atoms with Crippen LogP contribution in [0.3, 0.4) is 0 Å². The lowest BCUT2D eigenvalue weighted by Crippen LogP contribution is -2.46. The average molecular weight is 171 g/mol. The minimum atomic E-state index is 0.895. The van der Waals surface area contributed by atoms with E-state index >= 15 is 0 Å². The number of rotatable bonds is 5. The average Bonchev–Trinajstić information content (AvgIpc) is 1.96. The zero-order valence-electron chi connectivity index (χ0n) is 8.55. The molecule has 2 heteroatoms. The predicted octanol–water partition coefficient (Wildman–Crippen LogP) is 2.31. The van der Waals surface area contributed by atoms with Crippen LogP contribution in [0.25, 0.3) is 0 Å². The van der Waals surface area contributed by atoms with Crippen molar-refractivity contribution in [2.45, 2.75) is 33.1 Å². The largest absolute Gasteiger partial charge is 0.302 e. The van der Waals surface area contributed by atoms with Crippen molar-refractivity contribution in [3.8, 4) is 0 Å². The Bertz CT molecular complexity index is 121. The fourth-order valence-corrected chi connectivity index (χ4v) is 2.00. The normalized spacial score (nSPS) is 22.2. The molecule has 2 nitrogen and oxygen atoms in total. The molecular formula is C10H21NO. The number of hydrogen-bond acceptors (Lipinski definition) is 2. The Kier molecular flexibility index (Phi) is 4.02. The van der Waals surface area contributed by atoms with E-state index in [1.807, 2.05) is 5.06 Å². The molecule has 0 amide bonds. The van der Waals surface area contributed by atoms with Gasteiger partial charge in [-0.1, -0.05) is 26.7 Å². The maximum absolute atomic E-state index is 5.09. The zero-order chi connectivity index (χ0) is 8.97. The summed E-state index contributed by atoms with van der Waals surface area (Å²) in [5.41, 5.74) is 0. The molecule has 0 N–H and O–H groups in total. The molecule has 1 aliphatic heterocycles. The van der Waals surface area contributed by atoms with Crippen LogP contribution in [0.15, 0.2) is 0 Å². The maximum Gasteiger partial charge on any atom is 0.0575 e. The van der Waals surface area contributed by atoms with E-state index < -0.39 is 0 Å². The minimum Gasteiger partial charge on any atom is -0.302 e. The van der Waals surface area contributed by atoms with Gasteiger partial charge in [0.1, 0.15) is 0 Å². The van der Waals surface area contributed by atoms with Crippen molar-refractivity contribution in [3.05, 3.63) is 0 Å². The molecule has 0 aromatic carbocycles. The third kappa shape index (κ3) is 2.76. The van der Waals surface area contributed by atoms with Crippen LogP contribution in [-0.4, -0.2) is 25.3 Å². The molecule has 1 saturated heterocycles. The van der Waals surface area contributed by atoms with Crippen molar-refractivity contribution in [3.63, 3.8) is 0 Å². The Labute approximate surface area is 75.8 Å². The van der Waals surface area contributed by atoms with E-state index in [1.54, 1.807) is 7.11 Å². The van der Waals surface area contributed by atoms with Gasteiger partial charge in [0, 0.05) is 13.1 Å². The highest BCUT2D eigenvalue weighted by atomic mass is 16.7. The first-order valence-electron chi connectivity index (χ1n) is 5.05. The van der Waals surface area contributed by atoms with Gasteiger partial charge < -0.3 is 4.84 Å². The molecule has 1 heterocycles. The summed E-state index contributed by atoms with van der Waals surface area (Å²) >= 11 is 0. The summed E-state index contributed by atoms with van der Waals surface area (Å²) in [6.45, 7) is 6.91. The molecule has 0 radical (unpaired) electrons. The van der Waals surface area contributed by atoms with Gasteiger partial charge in [-0.15, -0.1) is 0 Å². The van der Waals surface area contributed by atoms with Gasteiger partial charge in [-0.25, -0.2) is 0 Å². The van der Waals surface area contributed by atoms with E-state index in [1.165, 1.54) is 19.3 Å². The summed E-state index contributed by atoms with van der Waals surface area (Å²) < 4.78 is 0. The topological polar surface area (TPSA) is 12.5 Å². The van der Waals surface area contributed by atoms with E-state index in [2.05, 4.69) is 13.8 Å². The lowest BCUT2D eigenvalue weighted by molar-refractivity contribution is -0.200. The van der Waals surface area contributed by atoms with Crippen LogP contribution < -0.4 is 0 Å². The first-order valence-corrected chi connectivity index (χ1v) is 5.05. The fraction of sp³-hybridized carbons (Fsp3) is 1.00. The van der Waals surface area contributed by atoms with Crippen LogP contribution in [0.1, 0.15) is 33.1 Å². The van der Waals surface area contributed by atoms with Gasteiger partial charge in [-0.05, 0) is 18.3 Å². The van der Waals surface area contributed by atoms with Crippen LogP contribution in [0.4, 0.5) is 0 Å². The van der Waals surface area contributed by atoms with Crippen molar-refractivity contribution < 1.29 is 4.84 Å². The molecule has 1 unspecified atom stereocenters. The highest BCUT2D eigenvalue weighted by molar-refractivity contribution is 4.75. The summed E-state index contributed by atoms with van der Waals surface area (Å²) in [5, 5.41) is 2.03. The van der Waals surface area contributed by atoms with Gasteiger partial charge in [-0.3, -0.25) is 0 Å². The molecule has 1 aliphatic rings. The molecule has 0 aromatic rings. The van der Waals surface area contributed by atoms with Gasteiger partial charge in [0.05, 0.1) is 7.11 Å². The Morgan fingerprint density at radius 3 is 2.67 bits per heavy atom. The smallest absolute Gasteiger partial charge is 0.0575 e. The van der Waals surface area contributed by atoms with Gasteiger partial charge in [-0.2, -0.15) is 5.06 Å². The lowest BCUT2D eigenvalue weighted by atomic mass is 9.89. The Balaban J connectivity index is 2.02. The molecule has 0 aliphatic carbocycles. The van der Waals surface area contributed by atoms with E-state index in [9.17, 15) is 0 Å². The summed E-state index contributed by atoms with van der Waals surface area (Å²) in [5.74, 6) is 1.80. The summed E-state index contributed by atoms with van der Waals surface area (Å²) in [6, 6.07) is 0. The van der Waals surface area contributed by atoms with Crippen LogP contribution in [0.5, 0.6) is 0 Å². The third-order valence-corrected chi connectivity index (χ3v) is 2.70. The number of nitrogens with zero attached hydrogens (tertiary/aromatic N) is 1. The second kappa shape index (κ2) is 4.83. The Hall–Kier alpha value is -0.0800. The van der Waals surface area contributed by atoms with Crippen LogP contribution in [-0.2, 0) is 4.84 Å². The molecule has 0 aromatic heterocycles. The second-order valence-electron chi connectivity index (χ2n) is 4.03. The van der Waals surface area contributed by atoms with Crippen molar-refractivity contribution in [2.24, 2.45) is 11.8 Å². The molecule has 1 fully saturated rings. The minimum absolute atomic E-state index is 0.895. The SMILES string of the molecule is CCCC(C)CC1CN(OC)C1. The Morgan fingerprint density at radius 2 is 2.17 bits per heavy atom. The van der Waals surface area contributed by atoms with E-state index in [0.717, 1.165) is 24.9 Å². The van der Waals surface area contributed by atoms with Crippen molar-refractivity contribution >= 4 is 0 Å². The van der Waals surface area contributed by atoms with E-state index in [0.29, 0.717) is 0 Å². The van der Waals surface area contributed by atoms with Crippen LogP contribution in [0, 0.1) is 11.8 Å². The van der Waals surface area contributed by atoms with Crippen molar-refractivity contribution in [2.75, 3.05) is 20.2 Å². The molecule has 72 valence electrons. The molecule has 0 spiro atoms. The highest BCUT2D eigenvalue weighted by Crippen LogP contribution is 2.24. The monoisotopic (exact) mass is 171 g/mol. The van der Waals surface area contributed by atoms with Crippen LogP contribution in [0.2, 0.25) is 0 Å². The lowest BCUT2D eigenvalue weighted by Gasteiger charge is -2.38. The van der Waals surface area contributed by atoms with Gasteiger partial charge in [0.25, 0.3) is 0 Å². The highest BCUT2D eigenvalue weighted by Gasteiger charge is 2.27. The van der Waals surface area contributed by atoms with Crippen LogP contribution >= 0.6 is 0 Å². The number of hydroxylamine groups is 2. The van der Waals surface area contributed by atoms with Gasteiger partial charge in [0.2, 0.25) is 0 Å². The Morgan fingerprint density at radius 1 is 1.50 bits per heavy atom. The zero-order valence-corrected chi connectivity index (χ0v) is 8.55. The van der Waals surface area contributed by atoms with Crippen molar-refractivity contribution in [1.29, 1.82) is 0 Å². The third-order valence-electron chi connectivity index (χ3n) is 2.70. The van der Waals surface area contributed by atoms with E-state index in [4.69, 9.17) is 4.84 Å². The summed E-state index contributed by atoms with van der Waals surface area (Å²) in [4.78, 5) is 5.09. The molecular weight excluding hydrogens is 150 g/mol. The predicted molar refractivity (Wildman–Crippen MR) is 50.8 cm³/mol. The standard InChI is InChI=1S/C10H21NO/c1-4-5-9(2)6-10-7-11(8-10)12-3/h9-10H,4-8H2,1-3H3. The van der Waals surface area contributed by atoms with Gasteiger partial charge >= 0.3 is 0 Å². The molecule has 0 bridgehead atoms. The second-order valence-corrected chi connectivity index (χ2v) is 4.03. The molecule has 12 heavy (non-hydrogen) atoms. The van der Waals surface area contributed by atoms with Gasteiger partial charge in [0.15, 0.2) is 0 Å². The fourth-order valence-electron chi connectivity index (χ4n) is 2.00.